The summed E-state index contributed by atoms with van der Waals surface area (Å²) in [6.07, 6.45) is -5.69. The molecule has 0 atom stereocenters. The van der Waals surface area contributed by atoms with Crippen molar-refractivity contribution in [2.75, 3.05) is 23.0 Å². The Hall–Kier alpha value is -3.74. The Bertz CT molecular complexity index is 1220. The molecule has 3 aromatic rings. The molecular weight excluding hydrogens is 517 g/mol. The normalized spacial score (nSPS) is 11.2. The summed E-state index contributed by atoms with van der Waals surface area (Å²) in [5.41, 5.74) is -3.99. The van der Waals surface area contributed by atoms with E-state index in [-0.39, 0.29) is 6.61 Å². The first kappa shape index (κ1) is 26.9. The van der Waals surface area contributed by atoms with E-state index in [0.29, 0.717) is 16.3 Å². The molecule has 36 heavy (non-hydrogen) atoms. The first-order valence-electron chi connectivity index (χ1n) is 9.91. The van der Waals surface area contributed by atoms with E-state index in [1.807, 2.05) is 0 Å². The largest absolute Gasteiger partial charge is 0.484 e. The van der Waals surface area contributed by atoms with Gasteiger partial charge in [-0.2, -0.15) is 13.2 Å². The molecule has 0 bridgehead atoms. The third-order valence-corrected chi connectivity index (χ3v) is 5.44. The quantitative estimate of drug-likeness (QED) is 0.212. The second kappa shape index (κ2) is 11.3. The van der Waals surface area contributed by atoms with Crippen molar-refractivity contribution in [2.45, 2.75) is 11.1 Å². The summed E-state index contributed by atoms with van der Waals surface area (Å²) in [6.45, 7) is -0.237. The lowest BCUT2D eigenvalue weighted by Crippen LogP contribution is -2.21. The lowest BCUT2D eigenvalue weighted by Gasteiger charge is -2.14. The first-order valence-corrected chi connectivity index (χ1v) is 10.9. The second-order valence-electron chi connectivity index (χ2n) is 7.01. The van der Waals surface area contributed by atoms with Crippen LogP contribution in [-0.4, -0.2) is 24.2 Å². The van der Waals surface area contributed by atoms with Gasteiger partial charge in [0.15, 0.2) is 29.9 Å². The molecule has 0 fully saturated rings. The molecular formula is C23H15F7N2O3S. The van der Waals surface area contributed by atoms with Crippen LogP contribution in [0, 0.1) is 23.3 Å². The maximum Gasteiger partial charge on any atom is 0.422 e. The fourth-order valence-electron chi connectivity index (χ4n) is 2.81. The van der Waals surface area contributed by atoms with Gasteiger partial charge in [0.05, 0.1) is 5.75 Å². The van der Waals surface area contributed by atoms with Crippen LogP contribution in [0.1, 0.15) is 5.56 Å². The van der Waals surface area contributed by atoms with E-state index in [2.05, 4.69) is 5.32 Å². The van der Waals surface area contributed by atoms with Crippen LogP contribution < -0.4 is 15.4 Å². The number of para-hydroxylation sites is 1. The Balaban J connectivity index is 1.55. The lowest BCUT2D eigenvalue weighted by atomic mass is 10.1. The Morgan fingerprint density at radius 1 is 0.778 bits per heavy atom. The molecule has 190 valence electrons. The van der Waals surface area contributed by atoms with Crippen molar-refractivity contribution >= 4 is 35.0 Å². The summed E-state index contributed by atoms with van der Waals surface area (Å²) in [5, 5.41) is 4.13. The number of alkyl halides is 3. The molecule has 0 radical (unpaired) electrons. The molecule has 2 N–H and O–H groups in total. The maximum atomic E-state index is 13.9. The predicted octanol–water partition coefficient (Wildman–Crippen LogP) is 6.01. The number of hydrogen-bond acceptors (Lipinski definition) is 4. The topological polar surface area (TPSA) is 67.4 Å². The van der Waals surface area contributed by atoms with Crippen molar-refractivity contribution in [1.29, 1.82) is 0 Å². The van der Waals surface area contributed by atoms with E-state index in [4.69, 9.17) is 4.74 Å². The van der Waals surface area contributed by atoms with Crippen molar-refractivity contribution in [3.8, 4) is 5.75 Å². The lowest BCUT2D eigenvalue weighted by molar-refractivity contribution is -0.143. The van der Waals surface area contributed by atoms with Crippen molar-refractivity contribution < 1.29 is 45.1 Å². The molecule has 0 spiro atoms. The zero-order chi connectivity index (χ0) is 26.5. The van der Waals surface area contributed by atoms with Gasteiger partial charge in [0.1, 0.15) is 17.0 Å². The standard InChI is InChI=1S/C23H15F7N2O3S/c24-18-17(23(28,29)30)19(25)21(27)22(20(18)26)32-16(34)11-36-14-8-6-12(7-9-14)31-15(33)10-35-13-4-2-1-3-5-13/h1-9H,10-11H2,(H,31,33)(H,32,34). The minimum absolute atomic E-state index is 0.237. The smallest absolute Gasteiger partial charge is 0.422 e. The summed E-state index contributed by atoms with van der Waals surface area (Å²) in [6, 6.07) is 14.7. The van der Waals surface area contributed by atoms with E-state index in [1.54, 1.807) is 35.6 Å². The third-order valence-electron chi connectivity index (χ3n) is 4.43. The van der Waals surface area contributed by atoms with Gasteiger partial charge < -0.3 is 15.4 Å². The average Bonchev–Trinajstić information content (AvgIpc) is 2.83. The molecule has 3 rings (SSSR count). The molecule has 3 aromatic carbocycles. The van der Waals surface area contributed by atoms with Crippen molar-refractivity contribution in [3.05, 3.63) is 83.4 Å². The number of carbonyl (C=O) groups excluding carboxylic acids is 2. The van der Waals surface area contributed by atoms with Gasteiger partial charge in [0, 0.05) is 10.6 Å². The van der Waals surface area contributed by atoms with Gasteiger partial charge in [-0.1, -0.05) is 18.2 Å². The number of amides is 2. The van der Waals surface area contributed by atoms with Gasteiger partial charge in [-0.15, -0.1) is 11.8 Å². The van der Waals surface area contributed by atoms with Crippen LogP contribution in [0.3, 0.4) is 0 Å². The molecule has 0 saturated heterocycles. The van der Waals surface area contributed by atoms with Crippen LogP contribution in [0.4, 0.5) is 42.1 Å². The van der Waals surface area contributed by atoms with Gasteiger partial charge in [-0.05, 0) is 36.4 Å². The molecule has 0 saturated carbocycles. The van der Waals surface area contributed by atoms with Gasteiger partial charge in [-0.25, -0.2) is 17.6 Å². The number of thioether (sulfide) groups is 1. The molecule has 5 nitrogen and oxygen atoms in total. The van der Waals surface area contributed by atoms with Crippen LogP contribution in [0.25, 0.3) is 0 Å². The summed E-state index contributed by atoms with van der Waals surface area (Å²) in [5.74, 6) is -11.6. The number of halogens is 7. The van der Waals surface area contributed by atoms with Crippen LogP contribution in [0.2, 0.25) is 0 Å². The highest BCUT2D eigenvalue weighted by molar-refractivity contribution is 8.00. The van der Waals surface area contributed by atoms with Gasteiger partial charge >= 0.3 is 6.18 Å². The molecule has 2 amide bonds. The third kappa shape index (κ3) is 6.68. The Morgan fingerprint density at radius 3 is 1.92 bits per heavy atom. The van der Waals surface area contributed by atoms with Crippen LogP contribution in [-0.2, 0) is 15.8 Å². The first-order chi connectivity index (χ1) is 17.0. The number of anilines is 2. The predicted molar refractivity (Wildman–Crippen MR) is 118 cm³/mol. The minimum atomic E-state index is -5.69. The monoisotopic (exact) mass is 532 g/mol. The maximum absolute atomic E-state index is 13.9. The molecule has 0 aromatic heterocycles. The van der Waals surface area contributed by atoms with E-state index in [1.165, 1.54) is 24.3 Å². The highest BCUT2D eigenvalue weighted by atomic mass is 32.2. The summed E-state index contributed by atoms with van der Waals surface area (Å²) < 4.78 is 98.4. The van der Waals surface area contributed by atoms with Crippen molar-refractivity contribution in [3.63, 3.8) is 0 Å². The average molecular weight is 532 g/mol. The van der Waals surface area contributed by atoms with E-state index in [0.717, 1.165) is 11.8 Å². The molecule has 0 unspecified atom stereocenters. The Labute approximate surface area is 203 Å². The summed E-state index contributed by atoms with van der Waals surface area (Å²) in [7, 11) is 0. The molecule has 0 aliphatic heterocycles. The number of rotatable bonds is 8. The Kier molecular flexibility index (Phi) is 8.45. The fraction of sp³-hybridized carbons (Fsp3) is 0.130. The van der Waals surface area contributed by atoms with Crippen molar-refractivity contribution in [2.24, 2.45) is 0 Å². The van der Waals surface area contributed by atoms with Crippen LogP contribution in [0.5, 0.6) is 5.75 Å². The second-order valence-corrected chi connectivity index (χ2v) is 8.06. The fourth-order valence-corrected chi connectivity index (χ4v) is 3.51. The highest BCUT2D eigenvalue weighted by Gasteiger charge is 2.42. The van der Waals surface area contributed by atoms with Crippen LogP contribution >= 0.6 is 11.8 Å². The summed E-state index contributed by atoms with van der Waals surface area (Å²) >= 11 is 0.849. The van der Waals surface area contributed by atoms with Crippen LogP contribution in [0.15, 0.2) is 59.5 Å². The molecule has 0 heterocycles. The van der Waals surface area contributed by atoms with E-state index in [9.17, 15) is 40.3 Å². The molecule has 13 heteroatoms. The van der Waals surface area contributed by atoms with Crippen molar-refractivity contribution in [1.82, 2.24) is 0 Å². The summed E-state index contributed by atoms with van der Waals surface area (Å²) in [4.78, 5) is 24.4. The minimum Gasteiger partial charge on any atom is -0.484 e. The number of nitrogens with one attached hydrogen (secondary N) is 2. The zero-order valence-electron chi connectivity index (χ0n) is 17.9. The van der Waals surface area contributed by atoms with Gasteiger partial charge in [0.2, 0.25) is 5.91 Å². The van der Waals surface area contributed by atoms with Gasteiger partial charge in [-0.3, -0.25) is 9.59 Å². The van der Waals surface area contributed by atoms with E-state index < -0.39 is 58.3 Å². The highest BCUT2D eigenvalue weighted by Crippen LogP contribution is 2.38. The van der Waals surface area contributed by atoms with Gasteiger partial charge in [0.25, 0.3) is 5.91 Å². The molecule has 0 aliphatic rings. The van der Waals surface area contributed by atoms with E-state index >= 15 is 0 Å². The molecule has 0 aliphatic carbocycles. The number of carbonyl (C=O) groups is 2. The SMILES string of the molecule is O=C(COc1ccccc1)Nc1ccc(SCC(=O)Nc2c(F)c(F)c(C(F)(F)F)c(F)c2F)cc1. The number of hydrogen-bond donors (Lipinski definition) is 2. The number of benzene rings is 3. The zero-order valence-corrected chi connectivity index (χ0v) is 18.7. The number of ether oxygens (including phenoxy) is 1. The Morgan fingerprint density at radius 2 is 1.36 bits per heavy atom.